The summed E-state index contributed by atoms with van der Waals surface area (Å²) in [7, 11) is 0. The van der Waals surface area contributed by atoms with Gasteiger partial charge >= 0.3 is 6.18 Å². The van der Waals surface area contributed by atoms with Crippen LogP contribution in [0, 0.1) is 6.92 Å². The molecule has 1 aliphatic rings. The fraction of sp³-hybridized carbons (Fsp3) is 0.100. The molecule has 1 aromatic heterocycles. The highest BCUT2D eigenvalue weighted by Crippen LogP contribution is 2.37. The summed E-state index contributed by atoms with van der Waals surface area (Å²) in [6, 6.07) is 21.2. The fourth-order valence-corrected chi connectivity index (χ4v) is 4.93. The van der Waals surface area contributed by atoms with Gasteiger partial charge in [0.05, 0.1) is 18.4 Å². The van der Waals surface area contributed by atoms with Crippen LogP contribution in [0.4, 0.5) is 24.5 Å². The van der Waals surface area contributed by atoms with Gasteiger partial charge in [0.25, 0.3) is 17.7 Å². The van der Waals surface area contributed by atoms with Gasteiger partial charge in [-0.1, -0.05) is 29.5 Å². The van der Waals surface area contributed by atoms with E-state index >= 15 is 0 Å². The molecule has 208 valence electrons. The Morgan fingerprint density at radius 3 is 2.15 bits per heavy atom. The largest absolute Gasteiger partial charge is 0.467 e. The molecule has 0 unspecified atom stereocenters. The molecule has 11 heteroatoms. The number of anilines is 2. The number of hydrogen-bond donors (Lipinski definition) is 2. The van der Waals surface area contributed by atoms with Gasteiger partial charge in [0.15, 0.2) is 0 Å². The summed E-state index contributed by atoms with van der Waals surface area (Å²) < 4.78 is 43.7. The van der Waals surface area contributed by atoms with Gasteiger partial charge in [0, 0.05) is 21.8 Å². The topological polar surface area (TPSA) is 91.7 Å². The predicted molar refractivity (Wildman–Crippen MR) is 148 cm³/mol. The van der Waals surface area contributed by atoms with Crippen molar-refractivity contribution in [2.75, 3.05) is 10.6 Å². The van der Waals surface area contributed by atoms with Gasteiger partial charge in [-0.05, 0) is 79.7 Å². The lowest BCUT2D eigenvalue weighted by atomic mass is 10.1. The Labute approximate surface area is 237 Å². The summed E-state index contributed by atoms with van der Waals surface area (Å²) in [5.74, 6) is -1.09. The molecule has 0 saturated heterocycles. The average Bonchev–Trinajstić information content (AvgIpc) is 3.54. The van der Waals surface area contributed by atoms with E-state index in [1.165, 1.54) is 6.26 Å². The molecular formula is C30H22F3N3O4S. The van der Waals surface area contributed by atoms with E-state index in [1.807, 2.05) is 31.2 Å². The molecular weight excluding hydrogens is 555 g/mol. The van der Waals surface area contributed by atoms with Crippen molar-refractivity contribution in [2.24, 2.45) is 0 Å². The monoisotopic (exact) mass is 577 g/mol. The number of halogens is 3. The van der Waals surface area contributed by atoms with Crippen LogP contribution in [-0.2, 0) is 22.3 Å². The molecule has 0 spiro atoms. The number of amides is 3. The van der Waals surface area contributed by atoms with Crippen molar-refractivity contribution in [1.29, 1.82) is 0 Å². The van der Waals surface area contributed by atoms with E-state index < -0.39 is 29.5 Å². The number of nitrogens with zero attached hydrogens (tertiary/aromatic N) is 1. The minimum atomic E-state index is -4.49. The smallest absolute Gasteiger partial charge is 0.416 e. The van der Waals surface area contributed by atoms with Crippen molar-refractivity contribution < 1.29 is 32.0 Å². The van der Waals surface area contributed by atoms with Crippen LogP contribution < -0.4 is 10.6 Å². The van der Waals surface area contributed by atoms with Gasteiger partial charge in [-0.25, -0.2) is 0 Å². The molecule has 1 aliphatic heterocycles. The molecule has 0 atom stereocenters. The molecule has 4 aromatic rings. The summed E-state index contributed by atoms with van der Waals surface area (Å²) in [5.41, 5.74) is 1.45. The number of aryl methyl sites for hydroxylation is 1. The second-order valence-corrected chi connectivity index (χ2v) is 10.2. The van der Waals surface area contributed by atoms with Crippen LogP contribution in [0.15, 0.2) is 111 Å². The van der Waals surface area contributed by atoms with Crippen LogP contribution in [0.2, 0.25) is 0 Å². The molecule has 0 radical (unpaired) electrons. The second-order valence-electron chi connectivity index (χ2n) is 9.13. The number of nitrogens with one attached hydrogen (secondary N) is 2. The molecule has 0 saturated carbocycles. The first-order valence-corrected chi connectivity index (χ1v) is 13.1. The third-order valence-electron chi connectivity index (χ3n) is 6.15. The molecule has 3 amide bonds. The molecule has 0 aliphatic carbocycles. The first-order chi connectivity index (χ1) is 19.6. The van der Waals surface area contributed by atoms with Crippen molar-refractivity contribution in [3.8, 4) is 0 Å². The summed E-state index contributed by atoms with van der Waals surface area (Å²) in [6.07, 6.45) is -3.03. The Hall–Kier alpha value is -4.77. The number of rotatable bonds is 8. The van der Waals surface area contributed by atoms with Crippen LogP contribution in [0.1, 0.15) is 27.2 Å². The minimum absolute atomic E-state index is 0.0251. The van der Waals surface area contributed by atoms with Crippen LogP contribution in [-0.4, -0.2) is 22.6 Å². The van der Waals surface area contributed by atoms with Gasteiger partial charge in [-0.15, -0.1) is 0 Å². The van der Waals surface area contributed by atoms with Crippen LogP contribution in [0.5, 0.6) is 0 Å². The molecule has 0 fully saturated rings. The average molecular weight is 578 g/mol. The molecule has 41 heavy (non-hydrogen) atoms. The fourth-order valence-electron chi connectivity index (χ4n) is 3.98. The zero-order valence-corrected chi connectivity index (χ0v) is 22.3. The number of carbonyl (C=O) groups excluding carboxylic acids is 3. The zero-order valence-electron chi connectivity index (χ0n) is 21.5. The van der Waals surface area contributed by atoms with Crippen LogP contribution in [0.25, 0.3) is 0 Å². The number of imide groups is 1. The summed E-state index contributed by atoms with van der Waals surface area (Å²) in [4.78, 5) is 41.1. The highest BCUT2D eigenvalue weighted by molar-refractivity contribution is 8.04. The SMILES string of the molecule is Cc1ccc(NC2=C(Sc3ccc(NC(=O)c4ccc(C(F)(F)F)cc4)cc3)C(=O)N(Cc3ccco3)C2=O)cc1. The maximum Gasteiger partial charge on any atom is 0.416 e. The summed E-state index contributed by atoms with van der Waals surface area (Å²) >= 11 is 1.09. The third-order valence-corrected chi connectivity index (χ3v) is 7.24. The van der Waals surface area contributed by atoms with Gasteiger partial charge in [-0.2, -0.15) is 13.2 Å². The Morgan fingerprint density at radius 1 is 0.878 bits per heavy atom. The third kappa shape index (κ3) is 6.36. The predicted octanol–water partition coefficient (Wildman–Crippen LogP) is 6.84. The van der Waals surface area contributed by atoms with E-state index in [1.54, 1.807) is 36.4 Å². The van der Waals surface area contributed by atoms with E-state index in [4.69, 9.17) is 4.42 Å². The Balaban J connectivity index is 1.33. The van der Waals surface area contributed by atoms with E-state index in [2.05, 4.69) is 10.6 Å². The maximum absolute atomic E-state index is 13.4. The first kappa shape index (κ1) is 27.8. The van der Waals surface area contributed by atoms with E-state index in [0.717, 1.165) is 46.5 Å². The van der Waals surface area contributed by atoms with Crippen molar-refractivity contribution in [3.05, 3.63) is 124 Å². The summed E-state index contributed by atoms with van der Waals surface area (Å²) in [5, 5.41) is 5.72. The molecule has 0 bridgehead atoms. The minimum Gasteiger partial charge on any atom is -0.467 e. The van der Waals surface area contributed by atoms with Gasteiger partial charge in [0.1, 0.15) is 16.4 Å². The summed E-state index contributed by atoms with van der Waals surface area (Å²) in [6.45, 7) is 1.91. The van der Waals surface area contributed by atoms with Gasteiger partial charge < -0.3 is 15.1 Å². The van der Waals surface area contributed by atoms with Crippen molar-refractivity contribution in [3.63, 3.8) is 0 Å². The number of hydrogen-bond acceptors (Lipinski definition) is 6. The lowest BCUT2D eigenvalue weighted by Crippen LogP contribution is -2.31. The van der Waals surface area contributed by atoms with E-state index in [9.17, 15) is 27.6 Å². The standard InChI is InChI=1S/C30H22F3N3O4S/c1-18-4-10-21(11-5-18)34-25-26(29(39)36(28(25)38)17-23-3-2-16-40-23)41-24-14-12-22(13-15-24)35-27(37)19-6-8-20(9-7-19)30(31,32)33/h2-16,34H,17H2,1H3,(H,35,37). The molecule has 5 rings (SSSR count). The zero-order chi connectivity index (χ0) is 29.1. The number of carbonyl (C=O) groups is 3. The highest BCUT2D eigenvalue weighted by atomic mass is 32.2. The second kappa shape index (κ2) is 11.4. The van der Waals surface area contributed by atoms with Crippen LogP contribution >= 0.6 is 11.8 Å². The van der Waals surface area contributed by atoms with E-state index in [-0.39, 0.29) is 22.7 Å². The lowest BCUT2D eigenvalue weighted by molar-refractivity contribution is -0.139. The molecule has 2 heterocycles. The van der Waals surface area contributed by atoms with Crippen molar-refractivity contribution >= 4 is 40.9 Å². The first-order valence-electron chi connectivity index (χ1n) is 12.3. The Morgan fingerprint density at radius 2 is 1.54 bits per heavy atom. The Bertz CT molecular complexity index is 1610. The van der Waals surface area contributed by atoms with Crippen molar-refractivity contribution in [1.82, 2.24) is 4.90 Å². The normalized spacial score (nSPS) is 13.6. The quantitative estimate of drug-likeness (QED) is 0.223. The lowest BCUT2D eigenvalue weighted by Gasteiger charge is -2.13. The Kier molecular flexibility index (Phi) is 7.71. The number of alkyl halides is 3. The van der Waals surface area contributed by atoms with E-state index in [0.29, 0.717) is 22.0 Å². The molecule has 2 N–H and O–H groups in total. The van der Waals surface area contributed by atoms with Crippen LogP contribution in [0.3, 0.4) is 0 Å². The highest BCUT2D eigenvalue weighted by Gasteiger charge is 2.39. The molecule has 7 nitrogen and oxygen atoms in total. The number of benzene rings is 3. The van der Waals surface area contributed by atoms with Crippen molar-refractivity contribution in [2.45, 2.75) is 24.5 Å². The molecule has 3 aromatic carbocycles. The van der Waals surface area contributed by atoms with Gasteiger partial charge in [-0.3, -0.25) is 19.3 Å². The van der Waals surface area contributed by atoms with Gasteiger partial charge in [0.2, 0.25) is 0 Å². The number of thioether (sulfide) groups is 1. The number of furan rings is 1. The maximum atomic E-state index is 13.4.